The van der Waals surface area contributed by atoms with Gasteiger partial charge in [-0.25, -0.2) is 0 Å². The molecule has 0 spiro atoms. The predicted octanol–water partition coefficient (Wildman–Crippen LogP) is 4.45. The molecule has 0 bridgehead atoms. The highest BCUT2D eigenvalue weighted by Gasteiger charge is 2.13. The number of ether oxygens (including phenoxy) is 2. The van der Waals surface area contributed by atoms with E-state index in [2.05, 4.69) is 20.3 Å². The molecule has 0 aliphatic rings. The van der Waals surface area contributed by atoms with Gasteiger partial charge in [-0.1, -0.05) is 29.4 Å². The summed E-state index contributed by atoms with van der Waals surface area (Å²) in [6, 6.07) is 11.7. The lowest BCUT2D eigenvalue weighted by molar-refractivity contribution is -0.118. The van der Waals surface area contributed by atoms with E-state index in [1.165, 1.54) is 13.2 Å². The fraction of sp³-hybridized carbons (Fsp3) is 0.250. The Balaban J connectivity index is 1.45. The standard InChI is InChI=1S/C20H18ClF2N3O4S/c1-28-15-7-2-12(10-16(15)29-19(22)23)8-9-24-17(27)11-31-20-26-25-18(30-20)13-3-5-14(21)6-4-13/h2-7,10,19H,8-9,11H2,1H3,(H,24,27). The fourth-order valence-corrected chi connectivity index (χ4v) is 3.29. The van der Waals surface area contributed by atoms with Crippen LogP contribution in [0.3, 0.4) is 0 Å². The topological polar surface area (TPSA) is 86.5 Å². The van der Waals surface area contributed by atoms with Gasteiger partial charge in [0.25, 0.3) is 5.22 Å². The minimum absolute atomic E-state index is 0.0511. The van der Waals surface area contributed by atoms with Gasteiger partial charge in [-0.15, -0.1) is 10.2 Å². The average Bonchev–Trinajstić information content (AvgIpc) is 3.22. The summed E-state index contributed by atoms with van der Waals surface area (Å²) < 4.78 is 40.0. The molecule has 11 heteroatoms. The highest BCUT2D eigenvalue weighted by molar-refractivity contribution is 7.99. The SMILES string of the molecule is COc1ccc(CCNC(=O)CSc2nnc(-c3ccc(Cl)cc3)o2)cc1OC(F)F. The van der Waals surface area contributed by atoms with Gasteiger partial charge in [0.15, 0.2) is 11.5 Å². The average molecular weight is 470 g/mol. The van der Waals surface area contributed by atoms with E-state index in [9.17, 15) is 13.6 Å². The number of hydrogen-bond acceptors (Lipinski definition) is 7. The van der Waals surface area contributed by atoms with E-state index in [-0.39, 0.29) is 28.4 Å². The Hall–Kier alpha value is -2.85. The molecule has 1 heterocycles. The van der Waals surface area contributed by atoms with Crippen molar-refractivity contribution >= 4 is 29.3 Å². The summed E-state index contributed by atoms with van der Waals surface area (Å²) in [5.74, 6) is 0.353. The highest BCUT2D eigenvalue weighted by Crippen LogP contribution is 2.29. The van der Waals surface area contributed by atoms with Crippen LogP contribution in [0.4, 0.5) is 8.78 Å². The molecule has 1 amide bonds. The molecule has 2 aromatic carbocycles. The molecule has 164 valence electrons. The molecule has 0 aliphatic heterocycles. The summed E-state index contributed by atoms with van der Waals surface area (Å²) in [6.45, 7) is -2.63. The van der Waals surface area contributed by atoms with E-state index in [1.807, 2.05) is 0 Å². The number of alkyl halides is 2. The fourth-order valence-electron chi connectivity index (χ4n) is 2.57. The number of methoxy groups -OCH3 is 1. The number of carbonyl (C=O) groups is 1. The predicted molar refractivity (Wildman–Crippen MR) is 112 cm³/mol. The van der Waals surface area contributed by atoms with Crippen molar-refractivity contribution in [2.24, 2.45) is 0 Å². The molecule has 1 N–H and O–H groups in total. The van der Waals surface area contributed by atoms with E-state index in [0.717, 1.165) is 17.3 Å². The molecular formula is C20H18ClF2N3O4S. The smallest absolute Gasteiger partial charge is 0.387 e. The number of rotatable bonds is 10. The lowest BCUT2D eigenvalue weighted by Gasteiger charge is -2.11. The van der Waals surface area contributed by atoms with Gasteiger partial charge in [0.05, 0.1) is 12.9 Å². The first-order valence-electron chi connectivity index (χ1n) is 9.05. The van der Waals surface area contributed by atoms with Crippen LogP contribution in [-0.2, 0) is 11.2 Å². The lowest BCUT2D eigenvalue weighted by Crippen LogP contribution is -2.27. The van der Waals surface area contributed by atoms with Crippen LogP contribution in [0.15, 0.2) is 52.1 Å². The number of hydrogen-bond donors (Lipinski definition) is 1. The molecule has 0 atom stereocenters. The van der Waals surface area contributed by atoms with Crippen molar-refractivity contribution < 1.29 is 27.5 Å². The van der Waals surface area contributed by atoms with Crippen molar-refractivity contribution in [3.8, 4) is 23.0 Å². The number of thioether (sulfide) groups is 1. The van der Waals surface area contributed by atoms with Crippen molar-refractivity contribution in [1.82, 2.24) is 15.5 Å². The quantitative estimate of drug-likeness (QED) is 0.439. The van der Waals surface area contributed by atoms with Crippen LogP contribution in [0.5, 0.6) is 11.5 Å². The summed E-state index contributed by atoms with van der Waals surface area (Å²) in [4.78, 5) is 12.1. The molecule has 3 aromatic rings. The molecule has 0 aliphatic carbocycles. The zero-order valence-corrected chi connectivity index (χ0v) is 17.9. The number of halogens is 3. The molecule has 0 radical (unpaired) electrons. The van der Waals surface area contributed by atoms with E-state index in [0.29, 0.717) is 29.4 Å². The summed E-state index contributed by atoms with van der Waals surface area (Å²) >= 11 is 6.96. The second-order valence-corrected chi connectivity index (χ2v) is 7.50. The van der Waals surface area contributed by atoms with Crippen LogP contribution in [0.1, 0.15) is 5.56 Å². The first-order chi connectivity index (χ1) is 14.9. The normalized spacial score (nSPS) is 10.9. The van der Waals surface area contributed by atoms with Crippen LogP contribution in [-0.4, -0.2) is 42.1 Å². The zero-order valence-electron chi connectivity index (χ0n) is 16.3. The minimum atomic E-state index is -2.95. The van der Waals surface area contributed by atoms with Gasteiger partial charge in [0, 0.05) is 17.1 Å². The molecule has 0 saturated heterocycles. The molecule has 3 rings (SSSR count). The Morgan fingerprint density at radius 1 is 1.19 bits per heavy atom. The number of aromatic nitrogens is 2. The van der Waals surface area contributed by atoms with E-state index in [1.54, 1.807) is 36.4 Å². The van der Waals surface area contributed by atoms with E-state index >= 15 is 0 Å². The van der Waals surface area contributed by atoms with Crippen LogP contribution in [0, 0.1) is 0 Å². The van der Waals surface area contributed by atoms with Crippen LogP contribution >= 0.6 is 23.4 Å². The summed E-state index contributed by atoms with van der Waals surface area (Å²) in [5.41, 5.74) is 1.44. The second-order valence-electron chi connectivity index (χ2n) is 6.13. The minimum Gasteiger partial charge on any atom is -0.493 e. The van der Waals surface area contributed by atoms with Gasteiger partial charge in [-0.3, -0.25) is 4.79 Å². The third-order valence-electron chi connectivity index (χ3n) is 4.00. The largest absolute Gasteiger partial charge is 0.493 e. The zero-order chi connectivity index (χ0) is 22.2. The van der Waals surface area contributed by atoms with Crippen molar-refractivity contribution in [1.29, 1.82) is 0 Å². The monoisotopic (exact) mass is 469 g/mol. The summed E-state index contributed by atoms with van der Waals surface area (Å²) in [6.07, 6.45) is 0.432. The van der Waals surface area contributed by atoms with Crippen molar-refractivity contribution in [3.05, 3.63) is 53.1 Å². The van der Waals surface area contributed by atoms with Gasteiger partial charge >= 0.3 is 6.61 Å². The van der Waals surface area contributed by atoms with E-state index in [4.69, 9.17) is 20.8 Å². The number of carbonyl (C=O) groups excluding carboxylic acids is 1. The third kappa shape index (κ3) is 6.83. The number of amides is 1. The lowest BCUT2D eigenvalue weighted by atomic mass is 10.1. The number of nitrogens with one attached hydrogen (secondary N) is 1. The maximum absolute atomic E-state index is 12.5. The number of nitrogens with zero attached hydrogens (tertiary/aromatic N) is 2. The molecule has 1 aromatic heterocycles. The van der Waals surface area contributed by atoms with Gasteiger partial charge in [-0.05, 0) is 48.4 Å². The van der Waals surface area contributed by atoms with Crippen LogP contribution in [0.25, 0.3) is 11.5 Å². The van der Waals surface area contributed by atoms with Crippen molar-refractivity contribution in [2.45, 2.75) is 18.3 Å². The molecule has 7 nitrogen and oxygen atoms in total. The second kappa shape index (κ2) is 11.0. The molecule has 0 fully saturated rings. The number of benzene rings is 2. The first kappa shape index (κ1) is 22.8. The van der Waals surface area contributed by atoms with Gasteiger partial charge in [0.2, 0.25) is 11.8 Å². The van der Waals surface area contributed by atoms with Gasteiger partial charge < -0.3 is 19.2 Å². The van der Waals surface area contributed by atoms with Crippen LogP contribution in [0.2, 0.25) is 5.02 Å². The Bertz CT molecular complexity index is 1020. The maximum atomic E-state index is 12.5. The maximum Gasteiger partial charge on any atom is 0.387 e. The van der Waals surface area contributed by atoms with E-state index < -0.39 is 6.61 Å². The molecular weight excluding hydrogens is 452 g/mol. The Morgan fingerprint density at radius 3 is 2.68 bits per heavy atom. The Labute approximate surface area is 186 Å². The summed E-state index contributed by atoms with van der Waals surface area (Å²) in [5, 5.41) is 11.5. The molecule has 0 unspecified atom stereocenters. The highest BCUT2D eigenvalue weighted by atomic mass is 35.5. The van der Waals surface area contributed by atoms with Gasteiger partial charge in [0.1, 0.15) is 0 Å². The first-order valence-corrected chi connectivity index (χ1v) is 10.4. The molecule has 31 heavy (non-hydrogen) atoms. The molecule has 0 saturated carbocycles. The van der Waals surface area contributed by atoms with Crippen molar-refractivity contribution in [3.63, 3.8) is 0 Å². The summed E-state index contributed by atoms with van der Waals surface area (Å²) in [7, 11) is 1.37. The third-order valence-corrected chi connectivity index (χ3v) is 5.07. The van der Waals surface area contributed by atoms with Gasteiger partial charge in [-0.2, -0.15) is 8.78 Å². The van der Waals surface area contributed by atoms with Crippen LogP contribution < -0.4 is 14.8 Å². The van der Waals surface area contributed by atoms with Crippen molar-refractivity contribution in [2.75, 3.05) is 19.4 Å². The Kier molecular flexibility index (Phi) is 8.07. The Morgan fingerprint density at radius 2 is 1.97 bits per heavy atom.